The number of sulfonamides is 1. The molecule has 0 saturated heterocycles. The van der Waals surface area contributed by atoms with Crippen LogP contribution in [0.5, 0.6) is 0 Å². The van der Waals surface area contributed by atoms with Gasteiger partial charge in [0.05, 0.1) is 10.9 Å². The smallest absolute Gasteiger partial charge is 0.240 e. The lowest BCUT2D eigenvalue weighted by molar-refractivity contribution is -0.121. The van der Waals surface area contributed by atoms with E-state index < -0.39 is 10.0 Å². The molecule has 0 saturated carbocycles. The van der Waals surface area contributed by atoms with Gasteiger partial charge in [-0.2, -0.15) is 0 Å². The SMILES string of the molecule is C[C@@H](NC(=O)CCNS(=O)(=O)c1ccc(Cl)cc1)c1cccnc1. The van der Waals surface area contributed by atoms with Gasteiger partial charge >= 0.3 is 0 Å². The minimum atomic E-state index is -3.65. The molecule has 1 aromatic heterocycles. The van der Waals surface area contributed by atoms with E-state index in [2.05, 4.69) is 15.0 Å². The Balaban J connectivity index is 1.83. The lowest BCUT2D eigenvalue weighted by Gasteiger charge is -2.14. The first kappa shape index (κ1) is 18.4. The summed E-state index contributed by atoms with van der Waals surface area (Å²) in [6, 6.07) is 9.28. The topological polar surface area (TPSA) is 88.2 Å². The van der Waals surface area contributed by atoms with Crippen molar-refractivity contribution in [2.24, 2.45) is 0 Å². The van der Waals surface area contributed by atoms with E-state index in [9.17, 15) is 13.2 Å². The summed E-state index contributed by atoms with van der Waals surface area (Å²) < 4.78 is 26.5. The minimum absolute atomic E-state index is 0.0105. The fourth-order valence-corrected chi connectivity index (χ4v) is 3.18. The van der Waals surface area contributed by atoms with Gasteiger partial charge in [-0.1, -0.05) is 17.7 Å². The fraction of sp³-hybridized carbons (Fsp3) is 0.250. The minimum Gasteiger partial charge on any atom is -0.349 e. The number of rotatable bonds is 7. The van der Waals surface area contributed by atoms with E-state index >= 15 is 0 Å². The summed E-state index contributed by atoms with van der Waals surface area (Å²) in [6.45, 7) is 1.85. The first-order valence-corrected chi connectivity index (χ1v) is 9.19. The van der Waals surface area contributed by atoms with Crippen LogP contribution in [0.15, 0.2) is 53.7 Å². The Hall–Kier alpha value is -1.96. The van der Waals surface area contributed by atoms with E-state index in [1.54, 1.807) is 18.5 Å². The van der Waals surface area contributed by atoms with Crippen molar-refractivity contribution in [3.05, 3.63) is 59.4 Å². The second-order valence-corrected chi connectivity index (χ2v) is 7.38. The highest BCUT2D eigenvalue weighted by atomic mass is 35.5. The van der Waals surface area contributed by atoms with Gasteiger partial charge in [0.1, 0.15) is 0 Å². The number of hydrogen-bond donors (Lipinski definition) is 2. The highest BCUT2D eigenvalue weighted by Crippen LogP contribution is 2.14. The number of nitrogens with zero attached hydrogens (tertiary/aromatic N) is 1. The quantitative estimate of drug-likeness (QED) is 0.785. The molecule has 1 amide bonds. The molecule has 1 heterocycles. The maximum atomic E-state index is 12.1. The van der Waals surface area contributed by atoms with Crippen molar-refractivity contribution >= 4 is 27.5 Å². The number of benzene rings is 1. The third-order valence-electron chi connectivity index (χ3n) is 3.33. The Morgan fingerprint density at radius 3 is 2.58 bits per heavy atom. The molecule has 0 aliphatic rings. The molecule has 0 aliphatic carbocycles. The first-order valence-electron chi connectivity index (χ1n) is 7.33. The summed E-state index contributed by atoms with van der Waals surface area (Å²) in [5.41, 5.74) is 0.882. The van der Waals surface area contributed by atoms with Crippen LogP contribution in [0.25, 0.3) is 0 Å². The Morgan fingerprint density at radius 1 is 1.25 bits per heavy atom. The molecule has 0 radical (unpaired) electrons. The zero-order valence-corrected chi connectivity index (χ0v) is 14.6. The highest BCUT2D eigenvalue weighted by molar-refractivity contribution is 7.89. The number of halogens is 1. The molecule has 2 N–H and O–H groups in total. The number of nitrogens with one attached hydrogen (secondary N) is 2. The van der Waals surface area contributed by atoms with Gasteiger partial charge in [0.25, 0.3) is 0 Å². The van der Waals surface area contributed by atoms with Crippen LogP contribution < -0.4 is 10.0 Å². The zero-order valence-electron chi connectivity index (χ0n) is 13.1. The molecule has 0 spiro atoms. The van der Waals surface area contributed by atoms with E-state index in [-0.39, 0.29) is 29.8 Å². The average molecular weight is 368 g/mol. The number of pyridine rings is 1. The fourth-order valence-electron chi connectivity index (χ4n) is 2.03. The second kappa shape index (κ2) is 8.23. The standard InChI is InChI=1S/C16H18ClN3O3S/c1-12(13-3-2-9-18-11-13)20-16(21)8-10-19-24(22,23)15-6-4-14(17)5-7-15/h2-7,9,11-12,19H,8,10H2,1H3,(H,20,21)/t12-/m1/s1. The highest BCUT2D eigenvalue weighted by Gasteiger charge is 2.15. The van der Waals surface area contributed by atoms with Crippen molar-refractivity contribution in [3.8, 4) is 0 Å². The molecular formula is C16H18ClN3O3S. The second-order valence-electron chi connectivity index (χ2n) is 5.18. The average Bonchev–Trinajstić information content (AvgIpc) is 2.56. The molecule has 6 nitrogen and oxygen atoms in total. The number of carbonyl (C=O) groups excluding carboxylic acids is 1. The molecule has 2 aromatic rings. The Bertz CT molecular complexity index is 780. The Kier molecular flexibility index (Phi) is 6.30. The van der Waals surface area contributed by atoms with Gasteiger partial charge in [-0.05, 0) is 42.8 Å². The monoisotopic (exact) mass is 367 g/mol. The van der Waals surface area contributed by atoms with Crippen LogP contribution in [0.3, 0.4) is 0 Å². The van der Waals surface area contributed by atoms with Crippen molar-refractivity contribution in [2.45, 2.75) is 24.3 Å². The normalized spacial score (nSPS) is 12.6. The molecule has 0 unspecified atom stereocenters. The van der Waals surface area contributed by atoms with Crippen LogP contribution in [0, 0.1) is 0 Å². The van der Waals surface area contributed by atoms with E-state index in [0.29, 0.717) is 5.02 Å². The number of aromatic nitrogens is 1. The van der Waals surface area contributed by atoms with E-state index in [4.69, 9.17) is 11.6 Å². The van der Waals surface area contributed by atoms with Crippen molar-refractivity contribution < 1.29 is 13.2 Å². The van der Waals surface area contributed by atoms with Crippen LogP contribution in [-0.4, -0.2) is 25.9 Å². The van der Waals surface area contributed by atoms with Crippen molar-refractivity contribution in [1.29, 1.82) is 0 Å². The van der Waals surface area contributed by atoms with Crippen LogP contribution in [-0.2, 0) is 14.8 Å². The number of carbonyl (C=O) groups is 1. The molecule has 1 aromatic carbocycles. The molecule has 0 fully saturated rings. The van der Waals surface area contributed by atoms with Crippen LogP contribution >= 0.6 is 11.6 Å². The van der Waals surface area contributed by atoms with Crippen LogP contribution in [0.1, 0.15) is 24.9 Å². The third-order valence-corrected chi connectivity index (χ3v) is 5.06. The number of hydrogen-bond acceptors (Lipinski definition) is 4. The molecule has 128 valence electrons. The largest absolute Gasteiger partial charge is 0.349 e. The van der Waals surface area contributed by atoms with Crippen LogP contribution in [0.2, 0.25) is 5.02 Å². The van der Waals surface area contributed by atoms with E-state index in [1.165, 1.54) is 24.3 Å². The zero-order chi connectivity index (χ0) is 17.6. The predicted molar refractivity (Wildman–Crippen MR) is 92.1 cm³/mol. The molecule has 0 bridgehead atoms. The summed E-state index contributed by atoms with van der Waals surface area (Å²) in [5, 5.41) is 3.25. The molecule has 24 heavy (non-hydrogen) atoms. The lowest BCUT2D eigenvalue weighted by atomic mass is 10.1. The molecule has 0 aliphatic heterocycles. The summed E-state index contributed by atoms with van der Waals surface area (Å²) >= 11 is 5.73. The predicted octanol–water partition coefficient (Wildman–Crippen LogP) is 2.28. The summed E-state index contributed by atoms with van der Waals surface area (Å²) in [5.74, 6) is -0.245. The van der Waals surface area contributed by atoms with Gasteiger partial charge in [0.15, 0.2) is 0 Å². The first-order chi connectivity index (χ1) is 11.4. The maximum Gasteiger partial charge on any atom is 0.240 e. The van der Waals surface area contributed by atoms with Gasteiger partial charge < -0.3 is 5.32 Å². The summed E-state index contributed by atoms with van der Waals surface area (Å²) in [6.07, 6.45) is 3.37. The van der Waals surface area contributed by atoms with Crippen molar-refractivity contribution in [3.63, 3.8) is 0 Å². The third kappa shape index (κ3) is 5.30. The summed E-state index contributed by atoms with van der Waals surface area (Å²) in [7, 11) is -3.65. The maximum absolute atomic E-state index is 12.1. The van der Waals surface area contributed by atoms with E-state index in [0.717, 1.165) is 5.56 Å². The van der Waals surface area contributed by atoms with Crippen LogP contribution in [0.4, 0.5) is 0 Å². The molecular weight excluding hydrogens is 350 g/mol. The van der Waals surface area contributed by atoms with Gasteiger partial charge in [0, 0.05) is 30.4 Å². The lowest BCUT2D eigenvalue weighted by Crippen LogP contribution is -2.32. The van der Waals surface area contributed by atoms with Gasteiger partial charge in [-0.3, -0.25) is 9.78 Å². The summed E-state index contributed by atoms with van der Waals surface area (Å²) in [4.78, 5) is 16.0. The molecule has 2 rings (SSSR count). The van der Waals surface area contributed by atoms with Crippen molar-refractivity contribution in [2.75, 3.05) is 6.54 Å². The molecule has 1 atom stereocenters. The van der Waals surface area contributed by atoms with Gasteiger partial charge in [0.2, 0.25) is 15.9 Å². The van der Waals surface area contributed by atoms with Gasteiger partial charge in [-0.15, -0.1) is 0 Å². The Labute approximate surface area is 146 Å². The molecule has 8 heteroatoms. The van der Waals surface area contributed by atoms with E-state index in [1.807, 2.05) is 13.0 Å². The van der Waals surface area contributed by atoms with Crippen molar-refractivity contribution in [1.82, 2.24) is 15.0 Å². The Morgan fingerprint density at radius 2 is 1.96 bits per heavy atom. The number of amides is 1. The van der Waals surface area contributed by atoms with Gasteiger partial charge in [-0.25, -0.2) is 13.1 Å².